The summed E-state index contributed by atoms with van der Waals surface area (Å²) in [5, 5.41) is 0. The summed E-state index contributed by atoms with van der Waals surface area (Å²) in [6.07, 6.45) is 3.18. The molecule has 1 aliphatic rings. The topological polar surface area (TPSA) is 47.3 Å². The van der Waals surface area contributed by atoms with Crippen LogP contribution < -0.4 is 11.3 Å². The lowest BCUT2D eigenvalue weighted by Crippen LogP contribution is -2.34. The summed E-state index contributed by atoms with van der Waals surface area (Å²) in [7, 11) is 0. The van der Waals surface area contributed by atoms with Crippen molar-refractivity contribution in [2.45, 2.75) is 17.4 Å². The average Bonchev–Trinajstić information content (AvgIpc) is 2.84. The van der Waals surface area contributed by atoms with E-state index in [-0.39, 0.29) is 6.04 Å². The Hall–Kier alpha value is -0.550. The predicted molar refractivity (Wildman–Crippen MR) is 67.2 cm³/mol. The lowest BCUT2D eigenvalue weighted by molar-refractivity contribution is 0.176. The maximum Gasteiger partial charge on any atom is 0.0522 e. The molecular weight excluding hydrogens is 220 g/mol. The van der Waals surface area contributed by atoms with Gasteiger partial charge in [-0.3, -0.25) is 11.3 Å². The van der Waals surface area contributed by atoms with Gasteiger partial charge in [-0.05, 0) is 24.3 Å². The molecule has 0 saturated carbocycles. The molecule has 2 rings (SSSR count). The molecule has 0 bridgehead atoms. The zero-order valence-electron chi connectivity index (χ0n) is 9.48. The molecule has 88 valence electrons. The Morgan fingerprint density at radius 1 is 1.50 bits per heavy atom. The zero-order chi connectivity index (χ0) is 11.4. The molecule has 3 nitrogen and oxygen atoms in total. The number of ether oxygens (including phenoxy) is 1. The van der Waals surface area contributed by atoms with Crippen LogP contribution in [0.25, 0.3) is 0 Å². The summed E-state index contributed by atoms with van der Waals surface area (Å²) >= 11 is 1.76. The summed E-state index contributed by atoms with van der Waals surface area (Å²) in [4.78, 5) is 1.29. The fraction of sp³-hybridized carbons (Fsp3) is 0.500. The van der Waals surface area contributed by atoms with Gasteiger partial charge in [-0.1, -0.05) is 18.2 Å². The summed E-state index contributed by atoms with van der Waals surface area (Å²) in [5.74, 6) is 6.18. The van der Waals surface area contributed by atoms with E-state index in [1.165, 1.54) is 10.5 Å². The Labute approximate surface area is 101 Å². The molecule has 0 aromatic heterocycles. The van der Waals surface area contributed by atoms with E-state index in [2.05, 4.69) is 35.9 Å². The van der Waals surface area contributed by atoms with E-state index >= 15 is 0 Å². The highest BCUT2D eigenvalue weighted by atomic mass is 32.2. The van der Waals surface area contributed by atoms with Crippen molar-refractivity contribution in [1.29, 1.82) is 0 Å². The second kappa shape index (κ2) is 5.68. The number of rotatable bonds is 4. The van der Waals surface area contributed by atoms with Crippen LogP contribution in [0.4, 0.5) is 0 Å². The van der Waals surface area contributed by atoms with Crippen molar-refractivity contribution >= 4 is 11.8 Å². The maximum atomic E-state index is 5.69. The Morgan fingerprint density at radius 3 is 2.94 bits per heavy atom. The van der Waals surface area contributed by atoms with Crippen LogP contribution in [0, 0.1) is 5.92 Å². The van der Waals surface area contributed by atoms with Gasteiger partial charge in [0.15, 0.2) is 0 Å². The highest BCUT2D eigenvalue weighted by Gasteiger charge is 2.27. The zero-order valence-corrected chi connectivity index (χ0v) is 10.3. The standard InChI is InChI=1S/C12H18N2OS/c1-16-11-5-3-2-4-10(11)12(14-13)9-6-7-15-8-9/h2-5,9,12,14H,6-8,13H2,1H3. The Kier molecular flexibility index (Phi) is 4.23. The summed E-state index contributed by atoms with van der Waals surface area (Å²) < 4.78 is 5.43. The van der Waals surface area contributed by atoms with Gasteiger partial charge >= 0.3 is 0 Å². The molecule has 0 aliphatic carbocycles. The molecule has 1 aliphatic heterocycles. The van der Waals surface area contributed by atoms with Crippen molar-refractivity contribution in [2.75, 3.05) is 19.5 Å². The lowest BCUT2D eigenvalue weighted by atomic mass is 9.93. The van der Waals surface area contributed by atoms with E-state index in [0.29, 0.717) is 5.92 Å². The van der Waals surface area contributed by atoms with Crippen molar-refractivity contribution in [3.05, 3.63) is 29.8 Å². The maximum absolute atomic E-state index is 5.69. The molecule has 2 atom stereocenters. The first-order valence-corrected chi connectivity index (χ1v) is 6.76. The second-order valence-electron chi connectivity index (χ2n) is 4.01. The van der Waals surface area contributed by atoms with Gasteiger partial charge in [-0.2, -0.15) is 0 Å². The Bertz CT molecular complexity index is 340. The summed E-state index contributed by atoms with van der Waals surface area (Å²) in [6.45, 7) is 1.65. The number of hydrogen-bond donors (Lipinski definition) is 2. The van der Waals surface area contributed by atoms with Crippen LogP contribution in [0.15, 0.2) is 29.2 Å². The fourth-order valence-electron chi connectivity index (χ4n) is 2.22. The molecule has 1 heterocycles. The molecule has 0 amide bonds. The Morgan fingerprint density at radius 2 is 2.31 bits per heavy atom. The monoisotopic (exact) mass is 238 g/mol. The van der Waals surface area contributed by atoms with Crippen molar-refractivity contribution in [1.82, 2.24) is 5.43 Å². The Balaban J connectivity index is 2.24. The van der Waals surface area contributed by atoms with Gasteiger partial charge in [0.2, 0.25) is 0 Å². The van der Waals surface area contributed by atoms with E-state index in [1.54, 1.807) is 11.8 Å². The average molecular weight is 238 g/mol. The number of benzene rings is 1. The van der Waals surface area contributed by atoms with Crippen LogP contribution in [0.1, 0.15) is 18.0 Å². The summed E-state index contributed by atoms with van der Waals surface area (Å²) in [6, 6.07) is 8.61. The molecule has 0 spiro atoms. The number of hydrogen-bond acceptors (Lipinski definition) is 4. The van der Waals surface area contributed by atoms with Gasteiger partial charge in [0.25, 0.3) is 0 Å². The SMILES string of the molecule is CSc1ccccc1C(NN)C1CCOC1. The third-order valence-electron chi connectivity index (χ3n) is 3.09. The molecule has 1 saturated heterocycles. The molecule has 1 aromatic rings. The van der Waals surface area contributed by atoms with Crippen LogP contribution in [0.2, 0.25) is 0 Å². The van der Waals surface area contributed by atoms with Gasteiger partial charge in [-0.25, -0.2) is 0 Å². The first-order valence-electron chi connectivity index (χ1n) is 5.53. The third kappa shape index (κ3) is 2.40. The van der Waals surface area contributed by atoms with Crippen LogP contribution >= 0.6 is 11.8 Å². The first-order chi connectivity index (χ1) is 7.86. The number of nitrogens with two attached hydrogens (primary N) is 1. The molecule has 4 heteroatoms. The molecule has 3 N–H and O–H groups in total. The van der Waals surface area contributed by atoms with Crippen LogP contribution in [-0.4, -0.2) is 19.5 Å². The van der Waals surface area contributed by atoms with Gasteiger partial charge in [-0.15, -0.1) is 11.8 Å². The lowest BCUT2D eigenvalue weighted by Gasteiger charge is -2.23. The minimum atomic E-state index is 0.200. The summed E-state index contributed by atoms with van der Waals surface area (Å²) in [5.41, 5.74) is 4.23. The van der Waals surface area contributed by atoms with Gasteiger partial charge < -0.3 is 4.74 Å². The molecular formula is C12H18N2OS. The van der Waals surface area contributed by atoms with Crippen LogP contribution in [0.5, 0.6) is 0 Å². The van der Waals surface area contributed by atoms with Crippen LogP contribution in [-0.2, 0) is 4.74 Å². The number of nitrogens with one attached hydrogen (secondary N) is 1. The van der Waals surface area contributed by atoms with E-state index in [9.17, 15) is 0 Å². The van der Waals surface area contributed by atoms with Crippen molar-refractivity contribution in [2.24, 2.45) is 11.8 Å². The predicted octanol–water partition coefficient (Wildman–Crippen LogP) is 1.95. The quantitative estimate of drug-likeness (QED) is 0.478. The molecule has 16 heavy (non-hydrogen) atoms. The number of thioether (sulfide) groups is 1. The minimum Gasteiger partial charge on any atom is -0.381 e. The fourth-order valence-corrected chi connectivity index (χ4v) is 2.86. The highest BCUT2D eigenvalue weighted by molar-refractivity contribution is 7.98. The van der Waals surface area contributed by atoms with Gasteiger partial charge in [0.1, 0.15) is 0 Å². The van der Waals surface area contributed by atoms with Crippen molar-refractivity contribution in [3.8, 4) is 0 Å². The van der Waals surface area contributed by atoms with E-state index in [1.807, 2.05) is 0 Å². The van der Waals surface area contributed by atoms with E-state index in [0.717, 1.165) is 19.6 Å². The molecule has 0 radical (unpaired) electrons. The van der Waals surface area contributed by atoms with E-state index < -0.39 is 0 Å². The highest BCUT2D eigenvalue weighted by Crippen LogP contribution is 2.33. The van der Waals surface area contributed by atoms with Gasteiger partial charge in [0, 0.05) is 17.4 Å². The normalized spacial score (nSPS) is 22.2. The van der Waals surface area contributed by atoms with Crippen molar-refractivity contribution < 1.29 is 4.74 Å². The second-order valence-corrected chi connectivity index (χ2v) is 4.86. The minimum absolute atomic E-state index is 0.200. The smallest absolute Gasteiger partial charge is 0.0522 e. The van der Waals surface area contributed by atoms with Gasteiger partial charge in [0.05, 0.1) is 12.6 Å². The molecule has 2 unspecified atom stereocenters. The largest absolute Gasteiger partial charge is 0.381 e. The van der Waals surface area contributed by atoms with E-state index in [4.69, 9.17) is 10.6 Å². The molecule has 1 fully saturated rings. The molecule has 1 aromatic carbocycles. The van der Waals surface area contributed by atoms with Crippen molar-refractivity contribution in [3.63, 3.8) is 0 Å². The first kappa shape index (κ1) is 11.9. The third-order valence-corrected chi connectivity index (χ3v) is 3.90. The van der Waals surface area contributed by atoms with Crippen LogP contribution in [0.3, 0.4) is 0 Å². The number of hydrazine groups is 1.